The third kappa shape index (κ3) is 8.16. The summed E-state index contributed by atoms with van der Waals surface area (Å²) in [5.74, 6) is 0.107. The Morgan fingerprint density at radius 2 is 1.48 bits per heavy atom. The van der Waals surface area contributed by atoms with Gasteiger partial charge in [0.15, 0.2) is 9.84 Å². The Hall–Kier alpha value is -4.18. The minimum atomic E-state index is -3.51. The van der Waals surface area contributed by atoms with Gasteiger partial charge in [0.25, 0.3) is 5.91 Å². The summed E-state index contributed by atoms with van der Waals surface area (Å²) >= 11 is 6.21. The lowest BCUT2D eigenvalue weighted by molar-refractivity contribution is -0.119. The van der Waals surface area contributed by atoms with Crippen LogP contribution in [0.3, 0.4) is 0 Å². The Bertz CT molecular complexity index is 1560. The Labute approximate surface area is 237 Å². The molecule has 8 nitrogen and oxygen atoms in total. The predicted molar refractivity (Wildman–Crippen MR) is 154 cm³/mol. The van der Waals surface area contributed by atoms with Gasteiger partial charge in [-0.25, -0.2) is 8.42 Å². The SMILES string of the molecule is CS(=O)(=O)c1ccc(C(=O)NC(COCc2ccccc2)C(=O)Nc2ccc(Oc3ccccc3)cc2)c(Cl)c1. The van der Waals surface area contributed by atoms with Crippen molar-refractivity contribution in [2.24, 2.45) is 0 Å². The van der Waals surface area contributed by atoms with Gasteiger partial charge in [-0.3, -0.25) is 9.59 Å². The van der Waals surface area contributed by atoms with Crippen molar-refractivity contribution >= 4 is 38.9 Å². The molecule has 0 aliphatic carbocycles. The van der Waals surface area contributed by atoms with E-state index in [4.69, 9.17) is 21.1 Å². The van der Waals surface area contributed by atoms with E-state index in [1.807, 2.05) is 60.7 Å². The Kier molecular flexibility index (Phi) is 9.55. The van der Waals surface area contributed by atoms with Crippen LogP contribution < -0.4 is 15.4 Å². The number of carbonyl (C=O) groups is 2. The summed E-state index contributed by atoms with van der Waals surface area (Å²) in [6.45, 7) is 0.108. The summed E-state index contributed by atoms with van der Waals surface area (Å²) in [6, 6.07) is 28.2. The number of carbonyl (C=O) groups excluding carboxylic acids is 2. The van der Waals surface area contributed by atoms with Crippen LogP contribution in [0.5, 0.6) is 11.5 Å². The average molecular weight is 579 g/mol. The number of anilines is 1. The van der Waals surface area contributed by atoms with Gasteiger partial charge < -0.3 is 20.1 Å². The summed E-state index contributed by atoms with van der Waals surface area (Å²) in [5, 5.41) is 5.37. The number of hydrogen-bond acceptors (Lipinski definition) is 6. The zero-order chi connectivity index (χ0) is 28.5. The van der Waals surface area contributed by atoms with E-state index in [0.29, 0.717) is 17.2 Å². The first kappa shape index (κ1) is 28.8. The fourth-order valence-electron chi connectivity index (χ4n) is 3.66. The van der Waals surface area contributed by atoms with Crippen LogP contribution in [0.25, 0.3) is 0 Å². The second-order valence-corrected chi connectivity index (χ2v) is 11.3. The Morgan fingerprint density at radius 3 is 2.10 bits per heavy atom. The second kappa shape index (κ2) is 13.3. The van der Waals surface area contributed by atoms with E-state index < -0.39 is 27.7 Å². The van der Waals surface area contributed by atoms with Gasteiger partial charge in [0.05, 0.1) is 28.7 Å². The molecule has 2 amide bonds. The van der Waals surface area contributed by atoms with Crippen molar-refractivity contribution in [2.75, 3.05) is 18.2 Å². The molecule has 0 bridgehead atoms. The van der Waals surface area contributed by atoms with Crippen LogP contribution in [0, 0.1) is 0 Å². The number of ether oxygens (including phenoxy) is 2. The van der Waals surface area contributed by atoms with Gasteiger partial charge in [-0.1, -0.05) is 60.1 Å². The second-order valence-electron chi connectivity index (χ2n) is 8.87. The number of rotatable bonds is 11. The number of amides is 2. The van der Waals surface area contributed by atoms with E-state index in [2.05, 4.69) is 10.6 Å². The highest BCUT2D eigenvalue weighted by Gasteiger charge is 2.24. The number of para-hydroxylation sites is 1. The number of benzene rings is 4. The molecular weight excluding hydrogens is 552 g/mol. The van der Waals surface area contributed by atoms with Crippen LogP contribution in [-0.2, 0) is 26.0 Å². The molecule has 0 spiro atoms. The third-order valence-electron chi connectivity index (χ3n) is 5.73. The topological polar surface area (TPSA) is 111 Å². The van der Waals surface area contributed by atoms with Gasteiger partial charge in [0.1, 0.15) is 17.5 Å². The molecule has 0 radical (unpaired) electrons. The fraction of sp³-hybridized carbons (Fsp3) is 0.133. The highest BCUT2D eigenvalue weighted by molar-refractivity contribution is 7.90. The fourth-order valence-corrected chi connectivity index (χ4v) is 4.64. The van der Waals surface area contributed by atoms with Gasteiger partial charge in [-0.2, -0.15) is 0 Å². The van der Waals surface area contributed by atoms with Crippen molar-refractivity contribution in [3.63, 3.8) is 0 Å². The molecule has 10 heteroatoms. The lowest BCUT2D eigenvalue weighted by Crippen LogP contribution is -2.46. The molecular formula is C30H27ClN2O6S. The smallest absolute Gasteiger partial charge is 0.253 e. The summed E-state index contributed by atoms with van der Waals surface area (Å²) < 4.78 is 35.2. The summed E-state index contributed by atoms with van der Waals surface area (Å²) in [5.41, 5.74) is 1.42. The molecule has 0 aliphatic heterocycles. The van der Waals surface area contributed by atoms with Crippen molar-refractivity contribution in [3.8, 4) is 11.5 Å². The molecule has 40 heavy (non-hydrogen) atoms. The molecule has 0 saturated heterocycles. The molecule has 0 aliphatic rings. The highest BCUT2D eigenvalue weighted by Crippen LogP contribution is 2.23. The molecule has 0 saturated carbocycles. The Balaban J connectivity index is 1.46. The minimum absolute atomic E-state index is 0.0192. The quantitative estimate of drug-likeness (QED) is 0.243. The third-order valence-corrected chi connectivity index (χ3v) is 7.15. The molecule has 1 unspecified atom stereocenters. The van der Waals surface area contributed by atoms with E-state index in [1.165, 1.54) is 18.2 Å². The first-order valence-corrected chi connectivity index (χ1v) is 14.5. The van der Waals surface area contributed by atoms with E-state index >= 15 is 0 Å². The van der Waals surface area contributed by atoms with E-state index in [9.17, 15) is 18.0 Å². The van der Waals surface area contributed by atoms with Crippen LogP contribution in [0.15, 0.2) is 108 Å². The number of nitrogens with one attached hydrogen (secondary N) is 2. The van der Waals surface area contributed by atoms with Crippen molar-refractivity contribution in [1.82, 2.24) is 5.32 Å². The monoisotopic (exact) mass is 578 g/mol. The van der Waals surface area contributed by atoms with Crippen LogP contribution in [0.1, 0.15) is 15.9 Å². The molecule has 4 aromatic rings. The molecule has 0 heterocycles. The van der Waals surface area contributed by atoms with Gasteiger partial charge in [-0.15, -0.1) is 0 Å². The van der Waals surface area contributed by atoms with Gasteiger partial charge in [-0.05, 0) is 60.2 Å². The first-order valence-electron chi connectivity index (χ1n) is 12.2. The summed E-state index contributed by atoms with van der Waals surface area (Å²) in [6.07, 6.45) is 1.04. The van der Waals surface area contributed by atoms with Gasteiger partial charge >= 0.3 is 0 Å². The standard InChI is InChI=1S/C30H27ClN2O6S/c1-40(36,37)25-16-17-26(27(31)18-25)29(34)33-28(20-38-19-21-8-4-2-5-9-21)30(35)32-22-12-14-24(15-13-22)39-23-10-6-3-7-11-23/h2-18,28H,19-20H2,1H3,(H,32,35)(H,33,34). The van der Waals surface area contributed by atoms with Crippen molar-refractivity contribution in [2.45, 2.75) is 17.5 Å². The van der Waals surface area contributed by atoms with Crippen LogP contribution >= 0.6 is 11.6 Å². The molecule has 0 aromatic heterocycles. The number of hydrogen-bond donors (Lipinski definition) is 2. The predicted octanol–water partition coefficient (Wildman–Crippen LogP) is 5.49. The Morgan fingerprint density at radius 1 is 0.850 bits per heavy atom. The first-order chi connectivity index (χ1) is 19.2. The van der Waals surface area contributed by atoms with Crippen molar-refractivity contribution in [1.29, 1.82) is 0 Å². The zero-order valence-electron chi connectivity index (χ0n) is 21.5. The zero-order valence-corrected chi connectivity index (χ0v) is 23.1. The van der Waals surface area contributed by atoms with Gasteiger partial charge in [0, 0.05) is 11.9 Å². The van der Waals surface area contributed by atoms with Crippen LogP contribution in [0.2, 0.25) is 5.02 Å². The maximum absolute atomic E-state index is 13.2. The largest absolute Gasteiger partial charge is 0.457 e. The van der Waals surface area contributed by atoms with Gasteiger partial charge in [0.2, 0.25) is 5.91 Å². The van der Waals surface area contributed by atoms with Crippen LogP contribution in [-0.4, -0.2) is 39.1 Å². The highest BCUT2D eigenvalue weighted by atomic mass is 35.5. The molecule has 1 atom stereocenters. The normalized spacial score (nSPS) is 11.8. The molecule has 206 valence electrons. The maximum atomic E-state index is 13.2. The molecule has 2 N–H and O–H groups in total. The van der Waals surface area contributed by atoms with Crippen molar-refractivity contribution < 1.29 is 27.5 Å². The minimum Gasteiger partial charge on any atom is -0.457 e. The van der Waals surface area contributed by atoms with Crippen molar-refractivity contribution in [3.05, 3.63) is 119 Å². The molecule has 4 aromatic carbocycles. The lowest BCUT2D eigenvalue weighted by Gasteiger charge is -2.19. The summed E-state index contributed by atoms with van der Waals surface area (Å²) in [7, 11) is -3.51. The van der Waals surface area contributed by atoms with E-state index in [0.717, 1.165) is 11.8 Å². The number of sulfone groups is 1. The average Bonchev–Trinajstić information content (AvgIpc) is 2.94. The maximum Gasteiger partial charge on any atom is 0.253 e. The van der Waals surface area contributed by atoms with Crippen LogP contribution in [0.4, 0.5) is 5.69 Å². The summed E-state index contributed by atoms with van der Waals surface area (Å²) in [4.78, 5) is 26.2. The number of halogens is 1. The van der Waals surface area contributed by atoms with E-state index in [-0.39, 0.29) is 28.7 Å². The molecule has 4 rings (SSSR count). The molecule has 0 fully saturated rings. The van der Waals surface area contributed by atoms with E-state index in [1.54, 1.807) is 24.3 Å². The lowest BCUT2D eigenvalue weighted by atomic mass is 10.2.